The van der Waals surface area contributed by atoms with Crippen molar-refractivity contribution >= 4 is 10.0 Å². The molecule has 8 heteroatoms. The molecule has 1 aliphatic rings. The summed E-state index contributed by atoms with van der Waals surface area (Å²) in [5.74, 6) is 0. The Morgan fingerprint density at radius 1 is 1.27 bits per heavy atom. The summed E-state index contributed by atoms with van der Waals surface area (Å²) in [6.45, 7) is -0.308. The summed E-state index contributed by atoms with van der Waals surface area (Å²) in [7, 11) is -2.19. The monoisotopic (exact) mass is 246 g/mol. The molecule has 90 valence electrons. The zero-order valence-electron chi connectivity index (χ0n) is 8.45. The van der Waals surface area contributed by atoms with Gasteiger partial charge in [0.1, 0.15) is 6.04 Å². The number of rotatable bonds is 1. The molecule has 1 atom stereocenters. The number of alkyl halides is 3. The molecule has 15 heavy (non-hydrogen) atoms. The van der Waals surface area contributed by atoms with Crippen molar-refractivity contribution < 1.29 is 21.6 Å². The highest BCUT2D eigenvalue weighted by Gasteiger charge is 2.46. The van der Waals surface area contributed by atoms with Crippen molar-refractivity contribution in [2.75, 3.05) is 32.9 Å². The van der Waals surface area contributed by atoms with Crippen LogP contribution in [-0.2, 0) is 10.0 Å². The maximum atomic E-state index is 12.5. The maximum absolute atomic E-state index is 12.5. The normalized spacial score (nSPS) is 26.9. The lowest BCUT2D eigenvalue weighted by atomic mass is 10.2. The molecule has 0 aromatic carbocycles. The van der Waals surface area contributed by atoms with Crippen molar-refractivity contribution in [2.45, 2.75) is 12.2 Å². The van der Waals surface area contributed by atoms with Gasteiger partial charge in [0.05, 0.1) is 6.26 Å². The van der Waals surface area contributed by atoms with E-state index in [1.807, 2.05) is 0 Å². The lowest BCUT2D eigenvalue weighted by Gasteiger charge is -2.38. The summed E-state index contributed by atoms with van der Waals surface area (Å²) in [5.41, 5.74) is 0. The fourth-order valence-electron chi connectivity index (χ4n) is 1.50. The second-order valence-corrected chi connectivity index (χ2v) is 5.64. The lowest BCUT2D eigenvalue weighted by Crippen LogP contribution is -2.58. The number of hydrogen-bond acceptors (Lipinski definition) is 3. The molecule has 1 heterocycles. The first-order valence-corrected chi connectivity index (χ1v) is 6.19. The number of sulfonamides is 1. The van der Waals surface area contributed by atoms with E-state index in [1.54, 1.807) is 0 Å². The van der Waals surface area contributed by atoms with Gasteiger partial charge in [0.15, 0.2) is 0 Å². The second kappa shape index (κ2) is 3.91. The predicted molar refractivity (Wildman–Crippen MR) is 48.9 cm³/mol. The minimum Gasteiger partial charge on any atom is -0.293 e. The van der Waals surface area contributed by atoms with Crippen molar-refractivity contribution in [3.63, 3.8) is 0 Å². The van der Waals surface area contributed by atoms with Gasteiger partial charge in [-0.2, -0.15) is 17.5 Å². The molecule has 1 unspecified atom stereocenters. The molecule has 0 spiro atoms. The highest BCUT2D eigenvalue weighted by Crippen LogP contribution is 2.27. The Kier molecular flexibility index (Phi) is 3.32. The van der Waals surface area contributed by atoms with Crippen LogP contribution in [-0.4, -0.2) is 62.8 Å². The van der Waals surface area contributed by atoms with E-state index in [-0.39, 0.29) is 13.1 Å². The van der Waals surface area contributed by atoms with Gasteiger partial charge in [-0.15, -0.1) is 0 Å². The molecule has 1 rings (SSSR count). The van der Waals surface area contributed by atoms with Gasteiger partial charge in [0, 0.05) is 19.6 Å². The Morgan fingerprint density at radius 3 is 2.20 bits per heavy atom. The number of nitrogens with zero attached hydrogens (tertiary/aromatic N) is 2. The van der Waals surface area contributed by atoms with Gasteiger partial charge in [0.25, 0.3) is 0 Å². The molecule has 0 aromatic heterocycles. The Bertz CT molecular complexity index is 328. The molecule has 1 fully saturated rings. The largest absolute Gasteiger partial charge is 0.405 e. The topological polar surface area (TPSA) is 40.6 Å². The van der Waals surface area contributed by atoms with Crippen LogP contribution >= 0.6 is 0 Å². The summed E-state index contributed by atoms with van der Waals surface area (Å²) >= 11 is 0. The van der Waals surface area contributed by atoms with E-state index in [2.05, 4.69) is 0 Å². The number of hydrogen-bond donors (Lipinski definition) is 0. The predicted octanol–water partition coefficient (Wildman–Crippen LogP) is 0.124. The molecule has 1 aliphatic heterocycles. The van der Waals surface area contributed by atoms with Crippen LogP contribution in [0.5, 0.6) is 0 Å². The van der Waals surface area contributed by atoms with Crippen LogP contribution in [0.25, 0.3) is 0 Å². The van der Waals surface area contributed by atoms with E-state index in [4.69, 9.17) is 0 Å². The number of piperazine rings is 1. The second-order valence-electron chi connectivity index (χ2n) is 3.66. The molecule has 0 amide bonds. The van der Waals surface area contributed by atoms with Crippen molar-refractivity contribution in [3.8, 4) is 0 Å². The smallest absolute Gasteiger partial charge is 0.293 e. The summed E-state index contributed by atoms with van der Waals surface area (Å²) in [5, 5.41) is 0. The van der Waals surface area contributed by atoms with Gasteiger partial charge in [-0.1, -0.05) is 0 Å². The average Bonchev–Trinajstić information content (AvgIpc) is 2.00. The molecule has 0 N–H and O–H groups in total. The van der Waals surface area contributed by atoms with E-state index >= 15 is 0 Å². The van der Waals surface area contributed by atoms with E-state index in [1.165, 1.54) is 7.05 Å². The van der Waals surface area contributed by atoms with Crippen molar-refractivity contribution in [3.05, 3.63) is 0 Å². The van der Waals surface area contributed by atoms with E-state index in [0.717, 1.165) is 15.5 Å². The Balaban J connectivity index is 2.82. The van der Waals surface area contributed by atoms with Crippen LogP contribution in [0.4, 0.5) is 13.2 Å². The highest BCUT2D eigenvalue weighted by atomic mass is 32.2. The maximum Gasteiger partial charge on any atom is 0.405 e. The molecular formula is C7H13F3N2O2S. The lowest BCUT2D eigenvalue weighted by molar-refractivity contribution is -0.188. The zero-order chi connectivity index (χ0) is 11.9. The van der Waals surface area contributed by atoms with Crippen LogP contribution in [0.1, 0.15) is 0 Å². The van der Waals surface area contributed by atoms with Crippen LogP contribution < -0.4 is 0 Å². The summed E-state index contributed by atoms with van der Waals surface area (Å²) in [6, 6.07) is -1.71. The van der Waals surface area contributed by atoms with Gasteiger partial charge in [-0.25, -0.2) is 8.42 Å². The van der Waals surface area contributed by atoms with E-state index < -0.39 is 28.8 Å². The van der Waals surface area contributed by atoms with Gasteiger partial charge < -0.3 is 0 Å². The third kappa shape index (κ3) is 3.05. The molecule has 1 saturated heterocycles. The SMILES string of the molecule is CN1CCN(S(C)(=O)=O)CC1C(F)(F)F. The fraction of sp³-hybridized carbons (Fsp3) is 1.00. The Morgan fingerprint density at radius 2 is 1.80 bits per heavy atom. The first-order chi connectivity index (χ1) is 6.62. The van der Waals surface area contributed by atoms with Gasteiger partial charge >= 0.3 is 6.18 Å². The van der Waals surface area contributed by atoms with E-state index in [9.17, 15) is 21.6 Å². The summed E-state index contributed by atoms with van der Waals surface area (Å²) < 4.78 is 60.5. The standard InChI is InChI=1S/C7H13F3N2O2S/c1-11-3-4-12(15(2,13)14)5-6(11)7(8,9)10/h6H,3-5H2,1-2H3. The highest BCUT2D eigenvalue weighted by molar-refractivity contribution is 7.88. The molecule has 0 bridgehead atoms. The quantitative estimate of drug-likeness (QED) is 0.660. The molecule has 0 aliphatic carbocycles. The average molecular weight is 246 g/mol. The van der Waals surface area contributed by atoms with Gasteiger partial charge in [-0.3, -0.25) is 4.90 Å². The zero-order valence-corrected chi connectivity index (χ0v) is 9.27. The van der Waals surface area contributed by atoms with Gasteiger partial charge in [-0.05, 0) is 7.05 Å². The minimum absolute atomic E-state index is 0.0945. The Hall–Kier alpha value is -0.340. The third-order valence-electron chi connectivity index (χ3n) is 2.46. The first kappa shape index (κ1) is 12.7. The van der Waals surface area contributed by atoms with E-state index in [0.29, 0.717) is 0 Å². The summed E-state index contributed by atoms with van der Waals surface area (Å²) in [4.78, 5) is 1.13. The molecule has 0 radical (unpaired) electrons. The van der Waals surface area contributed by atoms with Crippen LogP contribution in [0.15, 0.2) is 0 Å². The van der Waals surface area contributed by atoms with Crippen molar-refractivity contribution in [2.24, 2.45) is 0 Å². The van der Waals surface area contributed by atoms with Crippen molar-refractivity contribution in [1.29, 1.82) is 0 Å². The molecule has 4 nitrogen and oxygen atoms in total. The minimum atomic E-state index is -4.39. The summed E-state index contributed by atoms with van der Waals surface area (Å²) in [6.07, 6.45) is -3.47. The third-order valence-corrected chi connectivity index (χ3v) is 3.73. The van der Waals surface area contributed by atoms with Crippen LogP contribution in [0.3, 0.4) is 0 Å². The number of likely N-dealkylation sites (N-methyl/N-ethyl adjacent to an activating group) is 1. The van der Waals surface area contributed by atoms with Crippen LogP contribution in [0, 0.1) is 0 Å². The Labute approximate surface area is 86.7 Å². The van der Waals surface area contributed by atoms with Crippen LogP contribution in [0.2, 0.25) is 0 Å². The molecule has 0 saturated carbocycles. The van der Waals surface area contributed by atoms with Crippen molar-refractivity contribution in [1.82, 2.24) is 9.21 Å². The fourth-order valence-corrected chi connectivity index (χ4v) is 2.33. The molecular weight excluding hydrogens is 233 g/mol. The van der Waals surface area contributed by atoms with Gasteiger partial charge in [0.2, 0.25) is 10.0 Å². The number of halogens is 3. The first-order valence-electron chi connectivity index (χ1n) is 4.34. The molecule has 0 aromatic rings.